The molecule has 126 valence electrons. The highest BCUT2D eigenvalue weighted by atomic mass is 16.1. The molecule has 5 heteroatoms. The van der Waals surface area contributed by atoms with Crippen molar-refractivity contribution in [2.24, 2.45) is 0 Å². The summed E-state index contributed by atoms with van der Waals surface area (Å²) in [4.78, 5) is 31.3. The fourth-order valence-electron chi connectivity index (χ4n) is 3.45. The number of rotatable bonds is 4. The van der Waals surface area contributed by atoms with Crippen molar-refractivity contribution in [3.8, 4) is 0 Å². The second-order valence-electron chi connectivity index (χ2n) is 6.43. The van der Waals surface area contributed by atoms with Gasteiger partial charge in [-0.2, -0.15) is 0 Å². The zero-order valence-electron chi connectivity index (χ0n) is 14.2. The molecule has 1 amide bonds. The van der Waals surface area contributed by atoms with Gasteiger partial charge in [-0.15, -0.1) is 0 Å². The second kappa shape index (κ2) is 6.99. The Hall–Kier alpha value is -2.43. The van der Waals surface area contributed by atoms with Crippen LogP contribution in [0.15, 0.2) is 29.1 Å². The molecule has 5 nitrogen and oxygen atoms in total. The lowest BCUT2D eigenvalue weighted by molar-refractivity contribution is -0.121. The van der Waals surface area contributed by atoms with Crippen molar-refractivity contribution in [2.75, 3.05) is 0 Å². The van der Waals surface area contributed by atoms with Crippen LogP contribution in [-0.2, 0) is 17.6 Å². The molecular weight excluding hydrogens is 302 g/mol. The van der Waals surface area contributed by atoms with E-state index in [1.54, 1.807) is 6.92 Å². The fraction of sp³-hybridized carbons (Fsp3) is 0.421. The number of nitrogens with one attached hydrogen (secondary N) is 2. The lowest BCUT2D eigenvalue weighted by Crippen LogP contribution is -2.31. The average molecular weight is 325 g/mol. The van der Waals surface area contributed by atoms with Crippen molar-refractivity contribution in [3.05, 3.63) is 62.8 Å². The summed E-state index contributed by atoms with van der Waals surface area (Å²) in [5, 5.41) is 3.12. The van der Waals surface area contributed by atoms with Crippen molar-refractivity contribution in [1.82, 2.24) is 15.3 Å². The number of hydrogen-bond donors (Lipinski definition) is 2. The second-order valence-corrected chi connectivity index (χ2v) is 6.43. The zero-order chi connectivity index (χ0) is 17.1. The molecule has 0 saturated heterocycles. The maximum absolute atomic E-state index is 12.3. The van der Waals surface area contributed by atoms with Gasteiger partial charge < -0.3 is 10.3 Å². The molecular formula is C19H23N3O2. The van der Waals surface area contributed by atoms with Gasteiger partial charge in [0.2, 0.25) is 5.91 Å². The van der Waals surface area contributed by atoms with Gasteiger partial charge in [0, 0.05) is 17.7 Å². The highest BCUT2D eigenvalue weighted by Gasteiger charge is 2.21. The molecule has 1 atom stereocenters. The number of carbonyl (C=O) groups is 1. The van der Waals surface area contributed by atoms with E-state index in [4.69, 9.17) is 0 Å². The SMILES string of the molecule is Cc1nc(C)c(CCC(=O)NC2CCCc3ccccc32)c(=O)[nH]1. The van der Waals surface area contributed by atoms with Crippen LogP contribution in [0.5, 0.6) is 0 Å². The van der Waals surface area contributed by atoms with Gasteiger partial charge in [-0.25, -0.2) is 4.98 Å². The topological polar surface area (TPSA) is 74.8 Å². The number of aryl methyl sites for hydroxylation is 3. The Morgan fingerprint density at radius 3 is 2.92 bits per heavy atom. The van der Waals surface area contributed by atoms with Gasteiger partial charge in [0.05, 0.1) is 6.04 Å². The molecule has 0 spiro atoms. The van der Waals surface area contributed by atoms with Crippen LogP contribution in [-0.4, -0.2) is 15.9 Å². The monoisotopic (exact) mass is 325 g/mol. The number of fused-ring (bicyclic) bond motifs is 1. The Morgan fingerprint density at radius 2 is 2.12 bits per heavy atom. The third-order valence-corrected chi connectivity index (χ3v) is 4.65. The van der Waals surface area contributed by atoms with E-state index in [0.29, 0.717) is 29.9 Å². The first-order valence-corrected chi connectivity index (χ1v) is 8.48. The first kappa shape index (κ1) is 16.4. The maximum atomic E-state index is 12.3. The summed E-state index contributed by atoms with van der Waals surface area (Å²) < 4.78 is 0. The number of carbonyl (C=O) groups excluding carboxylic acids is 1. The first-order chi connectivity index (χ1) is 11.5. The van der Waals surface area contributed by atoms with E-state index in [9.17, 15) is 9.59 Å². The van der Waals surface area contributed by atoms with E-state index in [0.717, 1.165) is 19.3 Å². The minimum absolute atomic E-state index is 0.0175. The molecule has 1 aromatic heterocycles. The third-order valence-electron chi connectivity index (χ3n) is 4.65. The molecule has 0 aliphatic heterocycles. The molecule has 0 saturated carbocycles. The van der Waals surface area contributed by atoms with E-state index in [1.807, 2.05) is 19.1 Å². The summed E-state index contributed by atoms with van der Waals surface area (Å²) in [5.41, 5.74) is 3.70. The van der Waals surface area contributed by atoms with Crippen LogP contribution in [0.2, 0.25) is 0 Å². The molecule has 0 bridgehead atoms. The van der Waals surface area contributed by atoms with Crippen molar-refractivity contribution in [2.45, 2.75) is 52.0 Å². The summed E-state index contributed by atoms with van der Waals surface area (Å²) >= 11 is 0. The van der Waals surface area contributed by atoms with Crippen molar-refractivity contribution in [1.29, 1.82) is 0 Å². The Balaban J connectivity index is 1.64. The third kappa shape index (κ3) is 3.55. The van der Waals surface area contributed by atoms with Crippen LogP contribution < -0.4 is 10.9 Å². The van der Waals surface area contributed by atoms with Crippen molar-refractivity contribution < 1.29 is 4.79 Å². The van der Waals surface area contributed by atoms with Gasteiger partial charge >= 0.3 is 0 Å². The number of aromatic nitrogens is 2. The summed E-state index contributed by atoms with van der Waals surface area (Å²) in [6, 6.07) is 8.37. The van der Waals surface area contributed by atoms with Crippen LogP contribution in [0.1, 0.15) is 53.5 Å². The summed E-state index contributed by atoms with van der Waals surface area (Å²) in [7, 11) is 0. The van der Waals surface area contributed by atoms with Crippen LogP contribution in [0.4, 0.5) is 0 Å². The van der Waals surface area contributed by atoms with E-state index < -0.39 is 0 Å². The molecule has 0 radical (unpaired) electrons. The van der Waals surface area contributed by atoms with Gasteiger partial charge in [0.15, 0.2) is 0 Å². The van der Waals surface area contributed by atoms with Gasteiger partial charge in [0.25, 0.3) is 5.56 Å². The Morgan fingerprint density at radius 1 is 1.33 bits per heavy atom. The van der Waals surface area contributed by atoms with Gasteiger partial charge in [0.1, 0.15) is 5.82 Å². The van der Waals surface area contributed by atoms with E-state index in [1.165, 1.54) is 11.1 Å². The van der Waals surface area contributed by atoms with Crippen LogP contribution in [0, 0.1) is 13.8 Å². The fourth-order valence-corrected chi connectivity index (χ4v) is 3.45. The largest absolute Gasteiger partial charge is 0.349 e. The van der Waals surface area contributed by atoms with Crippen LogP contribution >= 0.6 is 0 Å². The van der Waals surface area contributed by atoms with E-state index in [-0.39, 0.29) is 17.5 Å². The van der Waals surface area contributed by atoms with Crippen molar-refractivity contribution >= 4 is 5.91 Å². The lowest BCUT2D eigenvalue weighted by atomic mass is 9.87. The normalized spacial score (nSPS) is 16.5. The molecule has 24 heavy (non-hydrogen) atoms. The van der Waals surface area contributed by atoms with Crippen molar-refractivity contribution in [3.63, 3.8) is 0 Å². The summed E-state index contributed by atoms with van der Waals surface area (Å²) in [6.45, 7) is 3.57. The van der Waals surface area contributed by atoms with Crippen LogP contribution in [0.25, 0.3) is 0 Å². The smallest absolute Gasteiger partial charge is 0.254 e. The molecule has 1 aliphatic carbocycles. The Bertz CT molecular complexity index is 810. The van der Waals surface area contributed by atoms with Crippen LogP contribution in [0.3, 0.4) is 0 Å². The number of nitrogens with zero attached hydrogens (tertiary/aromatic N) is 1. The maximum Gasteiger partial charge on any atom is 0.254 e. The molecule has 1 aliphatic rings. The number of benzene rings is 1. The molecule has 0 fully saturated rings. The van der Waals surface area contributed by atoms with E-state index in [2.05, 4.69) is 27.4 Å². The minimum Gasteiger partial charge on any atom is -0.349 e. The summed E-state index contributed by atoms with van der Waals surface area (Å²) in [6.07, 6.45) is 3.84. The predicted octanol–water partition coefficient (Wildman–Crippen LogP) is 2.51. The number of amides is 1. The molecule has 1 heterocycles. The zero-order valence-corrected chi connectivity index (χ0v) is 14.2. The Kier molecular flexibility index (Phi) is 4.79. The standard InChI is InChI=1S/C19H23N3O2/c1-12-15(19(24)21-13(2)20-12)10-11-18(23)22-17-9-5-7-14-6-3-4-8-16(14)17/h3-4,6,8,17H,5,7,9-11H2,1-2H3,(H,22,23)(H,20,21,24). The highest BCUT2D eigenvalue weighted by Crippen LogP contribution is 2.29. The predicted molar refractivity (Wildman–Crippen MR) is 92.9 cm³/mol. The number of hydrogen-bond acceptors (Lipinski definition) is 3. The van der Waals surface area contributed by atoms with E-state index >= 15 is 0 Å². The average Bonchev–Trinajstić information content (AvgIpc) is 2.54. The molecule has 2 aromatic rings. The Labute approximate surface area is 141 Å². The molecule has 2 N–H and O–H groups in total. The number of H-pyrrole nitrogens is 1. The first-order valence-electron chi connectivity index (χ1n) is 8.48. The quantitative estimate of drug-likeness (QED) is 0.907. The van der Waals surface area contributed by atoms with Gasteiger partial charge in [-0.05, 0) is 50.7 Å². The van der Waals surface area contributed by atoms with Gasteiger partial charge in [-0.3, -0.25) is 9.59 Å². The highest BCUT2D eigenvalue weighted by molar-refractivity contribution is 5.76. The number of aromatic amines is 1. The lowest BCUT2D eigenvalue weighted by Gasteiger charge is -2.26. The molecule has 1 aromatic carbocycles. The summed E-state index contributed by atoms with van der Waals surface area (Å²) in [5.74, 6) is 0.584. The molecule has 1 unspecified atom stereocenters. The molecule has 3 rings (SSSR count). The minimum atomic E-state index is -0.143. The van der Waals surface area contributed by atoms with Gasteiger partial charge in [-0.1, -0.05) is 24.3 Å².